The number of ether oxygens (including phenoxy) is 3. The zero-order valence-corrected chi connectivity index (χ0v) is 16.1. The van der Waals surface area contributed by atoms with Crippen LogP contribution >= 0.6 is 0 Å². The van der Waals surface area contributed by atoms with Crippen LogP contribution in [0.4, 0.5) is 0 Å². The second kappa shape index (κ2) is 8.12. The van der Waals surface area contributed by atoms with E-state index >= 15 is 0 Å². The van der Waals surface area contributed by atoms with Gasteiger partial charge in [-0.3, -0.25) is 4.79 Å². The molecule has 142 valence electrons. The maximum absolute atomic E-state index is 11.5. The highest BCUT2D eigenvalue weighted by molar-refractivity contribution is 5.77. The van der Waals surface area contributed by atoms with Gasteiger partial charge in [0.25, 0.3) is 0 Å². The number of carbonyl (C=O) groups excluding carboxylic acids is 1. The van der Waals surface area contributed by atoms with E-state index in [0.29, 0.717) is 12.3 Å². The molecule has 0 N–H and O–H groups in total. The SMILES string of the molecule is COc1ccc(OCC(Cn2cnc3cc(C)c(C)cc32)OC(C)=O)cc1. The summed E-state index contributed by atoms with van der Waals surface area (Å²) in [4.78, 5) is 16.0. The third kappa shape index (κ3) is 4.58. The number of esters is 1. The highest BCUT2D eigenvalue weighted by atomic mass is 16.6. The molecule has 0 amide bonds. The molecule has 0 aliphatic carbocycles. The molecule has 0 spiro atoms. The lowest BCUT2D eigenvalue weighted by molar-refractivity contribution is -0.148. The molecule has 0 aliphatic rings. The van der Waals surface area contributed by atoms with Crippen LogP contribution in [0.5, 0.6) is 11.5 Å². The van der Waals surface area contributed by atoms with Gasteiger partial charge in [-0.2, -0.15) is 0 Å². The van der Waals surface area contributed by atoms with E-state index in [0.717, 1.165) is 16.8 Å². The lowest BCUT2D eigenvalue weighted by atomic mass is 10.1. The number of methoxy groups -OCH3 is 1. The highest BCUT2D eigenvalue weighted by Gasteiger charge is 2.16. The lowest BCUT2D eigenvalue weighted by Crippen LogP contribution is -2.28. The molecule has 1 atom stereocenters. The molecule has 0 fully saturated rings. The first-order valence-corrected chi connectivity index (χ1v) is 8.82. The molecule has 3 rings (SSSR count). The standard InChI is InChI=1S/C21H24N2O4/c1-14-9-20-21(10-15(14)2)23(13-22-20)11-19(27-16(3)24)12-26-18-7-5-17(25-4)6-8-18/h5-10,13,19H,11-12H2,1-4H3. The summed E-state index contributed by atoms with van der Waals surface area (Å²) < 4.78 is 18.4. The van der Waals surface area contributed by atoms with E-state index in [9.17, 15) is 4.79 Å². The number of nitrogens with zero attached hydrogens (tertiary/aromatic N) is 2. The van der Waals surface area contributed by atoms with Crippen LogP contribution in [0.3, 0.4) is 0 Å². The van der Waals surface area contributed by atoms with Gasteiger partial charge in [-0.25, -0.2) is 4.98 Å². The number of hydrogen-bond acceptors (Lipinski definition) is 5. The summed E-state index contributed by atoms with van der Waals surface area (Å²) in [5, 5.41) is 0. The summed E-state index contributed by atoms with van der Waals surface area (Å²) in [7, 11) is 1.62. The van der Waals surface area contributed by atoms with Crippen molar-refractivity contribution in [1.29, 1.82) is 0 Å². The summed E-state index contributed by atoms with van der Waals surface area (Å²) in [5.41, 5.74) is 4.34. The van der Waals surface area contributed by atoms with E-state index in [1.807, 2.05) is 28.8 Å². The Balaban J connectivity index is 1.74. The number of aryl methyl sites for hydroxylation is 2. The van der Waals surface area contributed by atoms with E-state index < -0.39 is 6.10 Å². The van der Waals surface area contributed by atoms with Gasteiger partial charge in [-0.1, -0.05) is 0 Å². The fourth-order valence-corrected chi connectivity index (χ4v) is 2.90. The maximum Gasteiger partial charge on any atom is 0.303 e. The van der Waals surface area contributed by atoms with Gasteiger partial charge >= 0.3 is 5.97 Å². The Morgan fingerprint density at radius 3 is 2.44 bits per heavy atom. The predicted molar refractivity (Wildman–Crippen MR) is 103 cm³/mol. The Hall–Kier alpha value is -3.02. The Morgan fingerprint density at radius 1 is 1.11 bits per heavy atom. The molecule has 0 radical (unpaired) electrons. The zero-order chi connectivity index (χ0) is 19.4. The molecule has 0 saturated heterocycles. The smallest absolute Gasteiger partial charge is 0.303 e. The molecule has 0 aliphatic heterocycles. The van der Waals surface area contributed by atoms with Crippen molar-refractivity contribution in [3.63, 3.8) is 0 Å². The van der Waals surface area contributed by atoms with Crippen molar-refractivity contribution in [3.8, 4) is 11.5 Å². The summed E-state index contributed by atoms with van der Waals surface area (Å²) in [5.74, 6) is 1.11. The van der Waals surface area contributed by atoms with Crippen LogP contribution < -0.4 is 9.47 Å². The second-order valence-corrected chi connectivity index (χ2v) is 6.54. The zero-order valence-electron chi connectivity index (χ0n) is 16.1. The van der Waals surface area contributed by atoms with E-state index in [2.05, 4.69) is 31.0 Å². The Labute approximate surface area is 158 Å². The van der Waals surface area contributed by atoms with Crippen LogP contribution in [0.15, 0.2) is 42.7 Å². The topological polar surface area (TPSA) is 62.6 Å². The molecule has 6 heteroatoms. The first-order chi connectivity index (χ1) is 13.0. The molecule has 27 heavy (non-hydrogen) atoms. The summed E-state index contributed by atoms with van der Waals surface area (Å²) in [6, 6.07) is 11.5. The van der Waals surface area contributed by atoms with Gasteiger partial charge in [-0.05, 0) is 61.4 Å². The van der Waals surface area contributed by atoms with Gasteiger partial charge in [0, 0.05) is 6.92 Å². The van der Waals surface area contributed by atoms with Crippen molar-refractivity contribution in [2.24, 2.45) is 0 Å². The van der Waals surface area contributed by atoms with E-state index in [-0.39, 0.29) is 12.6 Å². The van der Waals surface area contributed by atoms with E-state index in [1.165, 1.54) is 18.1 Å². The monoisotopic (exact) mass is 368 g/mol. The molecule has 1 aromatic heterocycles. The second-order valence-electron chi connectivity index (χ2n) is 6.54. The fraction of sp³-hybridized carbons (Fsp3) is 0.333. The van der Waals surface area contributed by atoms with Crippen LogP contribution in [0.2, 0.25) is 0 Å². The first-order valence-electron chi connectivity index (χ1n) is 8.82. The van der Waals surface area contributed by atoms with Crippen molar-refractivity contribution in [2.75, 3.05) is 13.7 Å². The van der Waals surface area contributed by atoms with Crippen LogP contribution in [0, 0.1) is 13.8 Å². The molecular weight excluding hydrogens is 344 g/mol. The molecule has 3 aromatic rings. The first kappa shape index (κ1) is 18.8. The average molecular weight is 368 g/mol. The van der Waals surface area contributed by atoms with Gasteiger partial charge in [0.1, 0.15) is 18.1 Å². The number of carbonyl (C=O) groups is 1. The van der Waals surface area contributed by atoms with Crippen LogP contribution in [-0.4, -0.2) is 35.3 Å². The largest absolute Gasteiger partial charge is 0.497 e. The molecule has 0 saturated carbocycles. The van der Waals surface area contributed by atoms with Crippen LogP contribution in [0.1, 0.15) is 18.1 Å². The van der Waals surface area contributed by atoms with Crippen molar-refractivity contribution in [1.82, 2.24) is 9.55 Å². The summed E-state index contributed by atoms with van der Waals surface area (Å²) >= 11 is 0. The maximum atomic E-state index is 11.5. The Morgan fingerprint density at radius 2 is 1.78 bits per heavy atom. The molecule has 1 unspecified atom stereocenters. The molecule has 2 aromatic carbocycles. The highest BCUT2D eigenvalue weighted by Crippen LogP contribution is 2.20. The number of fused-ring (bicyclic) bond motifs is 1. The molecule has 0 bridgehead atoms. The predicted octanol–water partition coefficient (Wildman–Crippen LogP) is 3.67. The third-order valence-electron chi connectivity index (χ3n) is 4.46. The number of rotatable bonds is 7. The Bertz CT molecular complexity index is 931. The minimum Gasteiger partial charge on any atom is -0.497 e. The van der Waals surface area contributed by atoms with Crippen LogP contribution in [0.25, 0.3) is 11.0 Å². The number of aromatic nitrogens is 2. The van der Waals surface area contributed by atoms with Crippen LogP contribution in [-0.2, 0) is 16.1 Å². The number of hydrogen-bond donors (Lipinski definition) is 0. The summed E-state index contributed by atoms with van der Waals surface area (Å²) in [6.07, 6.45) is 1.34. The van der Waals surface area contributed by atoms with E-state index in [4.69, 9.17) is 14.2 Å². The fourth-order valence-electron chi connectivity index (χ4n) is 2.90. The quantitative estimate of drug-likeness (QED) is 0.596. The van der Waals surface area contributed by atoms with Crippen molar-refractivity contribution in [2.45, 2.75) is 33.4 Å². The number of benzene rings is 2. The molecule has 1 heterocycles. The minimum atomic E-state index is -0.427. The van der Waals surface area contributed by atoms with Crippen molar-refractivity contribution in [3.05, 3.63) is 53.9 Å². The van der Waals surface area contributed by atoms with Crippen molar-refractivity contribution < 1.29 is 19.0 Å². The average Bonchev–Trinajstić information content (AvgIpc) is 3.01. The normalized spacial score (nSPS) is 12.0. The molecule has 6 nitrogen and oxygen atoms in total. The van der Waals surface area contributed by atoms with Crippen molar-refractivity contribution >= 4 is 17.0 Å². The third-order valence-corrected chi connectivity index (χ3v) is 4.46. The lowest BCUT2D eigenvalue weighted by Gasteiger charge is -2.19. The van der Waals surface area contributed by atoms with E-state index in [1.54, 1.807) is 13.4 Å². The Kier molecular flexibility index (Phi) is 5.64. The van der Waals surface area contributed by atoms with Gasteiger partial charge in [0.05, 0.1) is 31.0 Å². The van der Waals surface area contributed by atoms with Gasteiger partial charge in [0.15, 0.2) is 6.10 Å². The number of imidazole rings is 1. The van der Waals surface area contributed by atoms with Gasteiger partial charge in [-0.15, -0.1) is 0 Å². The van der Waals surface area contributed by atoms with Gasteiger partial charge in [0.2, 0.25) is 0 Å². The minimum absolute atomic E-state index is 0.246. The summed E-state index contributed by atoms with van der Waals surface area (Å²) in [6.45, 7) is 6.26. The van der Waals surface area contributed by atoms with Gasteiger partial charge < -0.3 is 18.8 Å². The molecular formula is C21H24N2O4.